The monoisotopic (exact) mass is 168 g/mol. The van der Waals surface area contributed by atoms with Gasteiger partial charge >= 0.3 is 0 Å². The predicted molar refractivity (Wildman–Crippen MR) is 42.5 cm³/mol. The van der Waals surface area contributed by atoms with Crippen LogP contribution in [-0.2, 0) is 0 Å². The highest BCUT2D eigenvalue weighted by atomic mass is 35.5. The lowest BCUT2D eigenvalue weighted by Gasteiger charge is -1.98. The van der Waals surface area contributed by atoms with Gasteiger partial charge in [-0.1, -0.05) is 11.6 Å². The van der Waals surface area contributed by atoms with Crippen LogP contribution in [0.25, 0.3) is 4.85 Å². The summed E-state index contributed by atoms with van der Waals surface area (Å²) >= 11 is 5.59. The fraction of sp³-hybridized carbons (Fsp3) is 0.167. The van der Waals surface area contributed by atoms with Gasteiger partial charge in [-0.05, 0) is 6.92 Å². The van der Waals surface area contributed by atoms with Crippen LogP contribution in [0.15, 0.2) is 0 Å². The molecule has 0 spiro atoms. The van der Waals surface area contributed by atoms with Crippen molar-refractivity contribution in [3.05, 3.63) is 22.3 Å². The molecule has 0 fully saturated rings. The molecular weight excluding hydrogens is 164 g/mol. The quantitative estimate of drug-likeness (QED) is 0.473. The minimum atomic E-state index is 0.0971. The zero-order valence-electron chi connectivity index (χ0n) is 5.80. The number of rotatable bonds is 0. The van der Waals surface area contributed by atoms with Crippen LogP contribution < -0.4 is 5.73 Å². The third-order valence-corrected chi connectivity index (χ3v) is 1.41. The van der Waals surface area contributed by atoms with E-state index in [4.69, 9.17) is 23.9 Å². The van der Waals surface area contributed by atoms with E-state index in [-0.39, 0.29) is 16.8 Å². The second-order valence-corrected chi connectivity index (χ2v) is 2.28. The van der Waals surface area contributed by atoms with E-state index in [1.54, 1.807) is 6.92 Å². The van der Waals surface area contributed by atoms with Crippen molar-refractivity contribution < 1.29 is 0 Å². The standard InChI is InChI=1S/C6H5ClN4/c1-3-4(9-2)5(7)11-6(8)10-3/h1H3,(H2,8,10,11). The van der Waals surface area contributed by atoms with E-state index in [1.807, 2.05) is 0 Å². The van der Waals surface area contributed by atoms with Gasteiger partial charge in [0.25, 0.3) is 0 Å². The number of hydrogen-bond donors (Lipinski definition) is 1. The smallest absolute Gasteiger partial charge is 0.244 e. The average molecular weight is 169 g/mol. The second-order valence-electron chi connectivity index (χ2n) is 1.92. The van der Waals surface area contributed by atoms with E-state index >= 15 is 0 Å². The highest BCUT2D eigenvalue weighted by Crippen LogP contribution is 2.25. The molecule has 1 aromatic rings. The fourth-order valence-electron chi connectivity index (χ4n) is 0.680. The summed E-state index contributed by atoms with van der Waals surface area (Å²) in [6.07, 6.45) is 0. The van der Waals surface area contributed by atoms with Crippen LogP contribution in [-0.4, -0.2) is 9.97 Å². The van der Waals surface area contributed by atoms with Crippen molar-refractivity contribution in [2.75, 3.05) is 5.73 Å². The van der Waals surface area contributed by atoms with Crippen LogP contribution in [0.4, 0.5) is 11.6 Å². The summed E-state index contributed by atoms with van der Waals surface area (Å²) in [5, 5.41) is 0.116. The molecule has 11 heavy (non-hydrogen) atoms. The topological polar surface area (TPSA) is 56.2 Å². The van der Waals surface area contributed by atoms with E-state index in [0.29, 0.717) is 5.69 Å². The van der Waals surface area contributed by atoms with Gasteiger partial charge < -0.3 is 5.73 Å². The minimum absolute atomic E-state index is 0.0971. The van der Waals surface area contributed by atoms with E-state index in [1.165, 1.54) is 0 Å². The summed E-state index contributed by atoms with van der Waals surface area (Å²) < 4.78 is 0. The third-order valence-electron chi connectivity index (χ3n) is 1.14. The molecule has 0 unspecified atom stereocenters. The minimum Gasteiger partial charge on any atom is -0.368 e. The maximum atomic E-state index is 6.72. The van der Waals surface area contributed by atoms with Crippen LogP contribution in [0, 0.1) is 13.5 Å². The molecule has 1 aromatic heterocycles. The number of anilines is 1. The van der Waals surface area contributed by atoms with E-state index in [0.717, 1.165) is 0 Å². The predicted octanol–water partition coefficient (Wildman–Crippen LogP) is 1.57. The van der Waals surface area contributed by atoms with Crippen LogP contribution in [0.3, 0.4) is 0 Å². The lowest BCUT2D eigenvalue weighted by atomic mass is 10.4. The summed E-state index contributed by atoms with van der Waals surface area (Å²) in [4.78, 5) is 10.5. The van der Waals surface area contributed by atoms with Crippen molar-refractivity contribution in [3.63, 3.8) is 0 Å². The molecule has 1 heterocycles. The number of aryl methyl sites for hydroxylation is 1. The molecular formula is C6H5ClN4. The van der Waals surface area contributed by atoms with Gasteiger partial charge in [0.2, 0.25) is 11.6 Å². The number of nitrogens with zero attached hydrogens (tertiary/aromatic N) is 3. The Hall–Kier alpha value is -1.34. The molecule has 1 rings (SSSR count). The number of halogens is 1. The van der Waals surface area contributed by atoms with Gasteiger partial charge in [0.1, 0.15) is 5.15 Å². The summed E-state index contributed by atoms with van der Waals surface area (Å²) in [7, 11) is 0. The number of hydrogen-bond acceptors (Lipinski definition) is 3. The molecule has 0 bridgehead atoms. The Labute approximate surface area is 68.8 Å². The van der Waals surface area contributed by atoms with Crippen molar-refractivity contribution in [2.45, 2.75) is 6.92 Å². The van der Waals surface area contributed by atoms with Crippen molar-refractivity contribution >= 4 is 23.2 Å². The lowest BCUT2D eigenvalue weighted by Crippen LogP contribution is -1.96. The van der Waals surface area contributed by atoms with E-state index in [2.05, 4.69) is 14.8 Å². The Bertz CT molecular complexity index is 305. The van der Waals surface area contributed by atoms with Crippen LogP contribution in [0.1, 0.15) is 5.69 Å². The Morgan fingerprint density at radius 2 is 2.18 bits per heavy atom. The molecule has 0 saturated heterocycles. The first-order valence-corrected chi connectivity index (χ1v) is 3.20. The molecule has 2 N–H and O–H groups in total. The van der Waals surface area contributed by atoms with Crippen molar-refractivity contribution in [1.82, 2.24) is 9.97 Å². The molecule has 0 atom stereocenters. The number of nitrogens with two attached hydrogens (primary N) is 1. The normalized spacial score (nSPS) is 9.18. The number of nitrogen functional groups attached to an aromatic ring is 1. The molecule has 4 nitrogen and oxygen atoms in total. The molecule has 0 aromatic carbocycles. The largest absolute Gasteiger partial charge is 0.368 e. The highest BCUT2D eigenvalue weighted by molar-refractivity contribution is 6.32. The van der Waals surface area contributed by atoms with Gasteiger partial charge in [-0.15, -0.1) is 0 Å². The van der Waals surface area contributed by atoms with Crippen LogP contribution in [0.5, 0.6) is 0 Å². The first-order valence-electron chi connectivity index (χ1n) is 2.82. The molecule has 0 radical (unpaired) electrons. The van der Waals surface area contributed by atoms with Gasteiger partial charge in [-0.3, -0.25) is 0 Å². The van der Waals surface area contributed by atoms with Gasteiger partial charge in [0.15, 0.2) is 0 Å². The Morgan fingerprint density at radius 1 is 1.55 bits per heavy atom. The molecule has 0 aliphatic heterocycles. The Balaban J connectivity index is 3.40. The molecule has 5 heteroatoms. The average Bonchev–Trinajstić information content (AvgIpc) is 1.85. The Morgan fingerprint density at radius 3 is 2.64 bits per heavy atom. The molecule has 56 valence electrons. The zero-order valence-corrected chi connectivity index (χ0v) is 6.55. The SMILES string of the molecule is [C-]#[N+]c1c(C)nc(N)nc1Cl. The summed E-state index contributed by atoms with van der Waals surface area (Å²) in [6, 6.07) is 0. The van der Waals surface area contributed by atoms with Crippen molar-refractivity contribution in [1.29, 1.82) is 0 Å². The molecule has 0 aliphatic carbocycles. The molecule has 0 amide bonds. The third kappa shape index (κ3) is 1.38. The first-order chi connectivity index (χ1) is 5.15. The summed E-state index contributed by atoms with van der Waals surface area (Å²) in [5.41, 5.74) is 6.05. The highest BCUT2D eigenvalue weighted by Gasteiger charge is 2.06. The first kappa shape index (κ1) is 7.76. The maximum Gasteiger partial charge on any atom is 0.244 e. The summed E-state index contributed by atoms with van der Waals surface area (Å²) in [5.74, 6) is 0.0971. The van der Waals surface area contributed by atoms with Crippen LogP contribution >= 0.6 is 11.6 Å². The number of aromatic nitrogens is 2. The van der Waals surface area contributed by atoms with Crippen LogP contribution in [0.2, 0.25) is 5.15 Å². The van der Waals surface area contributed by atoms with Crippen molar-refractivity contribution in [2.24, 2.45) is 0 Å². The molecule has 0 saturated carbocycles. The van der Waals surface area contributed by atoms with E-state index < -0.39 is 0 Å². The van der Waals surface area contributed by atoms with Gasteiger partial charge in [-0.2, -0.15) is 0 Å². The van der Waals surface area contributed by atoms with Gasteiger partial charge in [0, 0.05) is 0 Å². The zero-order chi connectivity index (χ0) is 8.43. The fourth-order valence-corrected chi connectivity index (χ4v) is 0.945. The molecule has 0 aliphatic rings. The Kier molecular flexibility index (Phi) is 1.92. The second kappa shape index (κ2) is 2.72. The van der Waals surface area contributed by atoms with E-state index in [9.17, 15) is 0 Å². The summed E-state index contributed by atoms with van der Waals surface area (Å²) in [6.45, 7) is 8.38. The lowest BCUT2D eigenvalue weighted by molar-refractivity contribution is 1.13. The maximum absolute atomic E-state index is 6.72. The van der Waals surface area contributed by atoms with Gasteiger partial charge in [-0.25, -0.2) is 14.8 Å². The van der Waals surface area contributed by atoms with Gasteiger partial charge in [0.05, 0.1) is 12.3 Å². The van der Waals surface area contributed by atoms with Crippen molar-refractivity contribution in [3.8, 4) is 0 Å².